The lowest BCUT2D eigenvalue weighted by molar-refractivity contribution is 0.581. The molecule has 4 nitrogen and oxygen atoms in total. The van der Waals surface area contributed by atoms with Crippen molar-refractivity contribution in [1.29, 1.82) is 0 Å². The molecule has 1 aromatic carbocycles. The molecule has 0 saturated carbocycles. The summed E-state index contributed by atoms with van der Waals surface area (Å²) in [4.78, 5) is 4.27. The van der Waals surface area contributed by atoms with E-state index in [1.165, 1.54) is 0 Å². The van der Waals surface area contributed by atoms with Gasteiger partial charge in [0.05, 0.1) is 4.90 Å². The summed E-state index contributed by atoms with van der Waals surface area (Å²) in [5.41, 5.74) is 2.02. The molecular formula is C15H17ClN2O2S. The molecule has 1 heterocycles. The summed E-state index contributed by atoms with van der Waals surface area (Å²) in [6.45, 7) is 0.345. The van der Waals surface area contributed by atoms with Gasteiger partial charge in [0.25, 0.3) is 0 Å². The van der Waals surface area contributed by atoms with E-state index in [0.29, 0.717) is 18.8 Å². The van der Waals surface area contributed by atoms with E-state index in [4.69, 9.17) is 11.6 Å². The van der Waals surface area contributed by atoms with Crippen molar-refractivity contribution in [2.45, 2.75) is 17.7 Å². The average molecular weight is 325 g/mol. The van der Waals surface area contributed by atoms with Gasteiger partial charge in [-0.1, -0.05) is 18.2 Å². The Labute approximate surface area is 130 Å². The van der Waals surface area contributed by atoms with E-state index in [0.717, 1.165) is 17.5 Å². The maximum Gasteiger partial charge on any atom is 0.240 e. The highest BCUT2D eigenvalue weighted by Crippen LogP contribution is 2.11. The predicted octanol–water partition coefficient (Wildman–Crippen LogP) is 2.38. The Hall–Kier alpha value is -1.43. The van der Waals surface area contributed by atoms with Crippen LogP contribution in [0.5, 0.6) is 0 Å². The Kier molecular flexibility index (Phi) is 5.73. The molecule has 0 radical (unpaired) electrons. The summed E-state index contributed by atoms with van der Waals surface area (Å²) < 4.78 is 26.9. The fraction of sp³-hybridized carbons (Fsp3) is 0.267. The molecule has 6 heteroatoms. The van der Waals surface area contributed by atoms with Crippen LogP contribution < -0.4 is 4.72 Å². The van der Waals surface area contributed by atoms with Crippen molar-refractivity contribution in [3.05, 3.63) is 59.9 Å². The van der Waals surface area contributed by atoms with Gasteiger partial charge in [-0.3, -0.25) is 4.98 Å². The molecule has 0 saturated heterocycles. The number of nitrogens with one attached hydrogen (secondary N) is 1. The van der Waals surface area contributed by atoms with Crippen LogP contribution in [0.4, 0.5) is 0 Å². The standard InChI is InChI=1S/C15H17ClN2O2S/c16-9-7-13-3-5-15(6-4-13)21(19,20)18-11-8-14-2-1-10-17-12-14/h1-6,10,12,18H,7-9,11H2. The van der Waals surface area contributed by atoms with Crippen molar-refractivity contribution >= 4 is 21.6 Å². The maximum atomic E-state index is 12.1. The molecule has 0 aliphatic heterocycles. The van der Waals surface area contributed by atoms with Crippen LogP contribution in [-0.2, 0) is 22.9 Å². The lowest BCUT2D eigenvalue weighted by Crippen LogP contribution is -2.26. The van der Waals surface area contributed by atoms with E-state index >= 15 is 0 Å². The Morgan fingerprint density at radius 3 is 2.43 bits per heavy atom. The fourth-order valence-electron chi connectivity index (χ4n) is 1.90. The molecule has 0 amide bonds. The maximum absolute atomic E-state index is 12.1. The summed E-state index contributed by atoms with van der Waals surface area (Å²) in [5, 5.41) is 0. The fourth-order valence-corrected chi connectivity index (χ4v) is 3.15. The van der Waals surface area contributed by atoms with Crippen molar-refractivity contribution in [1.82, 2.24) is 9.71 Å². The van der Waals surface area contributed by atoms with E-state index in [1.54, 1.807) is 36.7 Å². The zero-order valence-corrected chi connectivity index (χ0v) is 13.1. The minimum absolute atomic E-state index is 0.270. The topological polar surface area (TPSA) is 59.1 Å². The lowest BCUT2D eigenvalue weighted by Gasteiger charge is -2.07. The Balaban J connectivity index is 1.95. The monoisotopic (exact) mass is 324 g/mol. The van der Waals surface area contributed by atoms with Gasteiger partial charge >= 0.3 is 0 Å². The zero-order valence-electron chi connectivity index (χ0n) is 11.5. The van der Waals surface area contributed by atoms with Gasteiger partial charge in [0, 0.05) is 24.8 Å². The summed E-state index contributed by atoms with van der Waals surface area (Å²) in [7, 11) is -3.47. The SMILES string of the molecule is O=S(=O)(NCCc1cccnc1)c1ccc(CCCl)cc1. The number of sulfonamides is 1. The largest absolute Gasteiger partial charge is 0.264 e. The van der Waals surface area contributed by atoms with Crippen LogP contribution in [0.25, 0.3) is 0 Å². The van der Waals surface area contributed by atoms with Gasteiger partial charge in [-0.15, -0.1) is 11.6 Å². The number of aryl methyl sites for hydroxylation is 1. The molecule has 2 aromatic rings. The summed E-state index contributed by atoms with van der Waals surface area (Å²) in [6.07, 6.45) is 4.76. The third-order valence-corrected chi connectivity index (χ3v) is 4.71. The quantitative estimate of drug-likeness (QED) is 0.796. The molecule has 0 spiro atoms. The molecule has 112 valence electrons. The summed E-state index contributed by atoms with van der Waals surface area (Å²) in [5.74, 6) is 0.523. The van der Waals surface area contributed by atoms with Crippen molar-refractivity contribution in [2.75, 3.05) is 12.4 Å². The second kappa shape index (κ2) is 7.54. The molecule has 21 heavy (non-hydrogen) atoms. The molecular weight excluding hydrogens is 308 g/mol. The first-order chi connectivity index (χ1) is 10.1. The van der Waals surface area contributed by atoms with Crippen LogP contribution in [0.15, 0.2) is 53.7 Å². The number of pyridine rings is 1. The molecule has 0 aliphatic rings. The zero-order chi connectivity index (χ0) is 15.1. The minimum atomic E-state index is -3.47. The van der Waals surface area contributed by atoms with Crippen LogP contribution in [0.2, 0.25) is 0 Å². The minimum Gasteiger partial charge on any atom is -0.264 e. The smallest absolute Gasteiger partial charge is 0.240 e. The Morgan fingerprint density at radius 2 is 1.81 bits per heavy atom. The van der Waals surface area contributed by atoms with Crippen molar-refractivity contribution in [3.63, 3.8) is 0 Å². The number of alkyl halides is 1. The highest BCUT2D eigenvalue weighted by molar-refractivity contribution is 7.89. The van der Waals surface area contributed by atoms with E-state index in [2.05, 4.69) is 9.71 Å². The molecule has 0 aliphatic carbocycles. The second-order valence-corrected chi connectivity index (χ2v) is 6.74. The van der Waals surface area contributed by atoms with Crippen molar-refractivity contribution in [2.24, 2.45) is 0 Å². The van der Waals surface area contributed by atoms with Crippen LogP contribution in [-0.4, -0.2) is 25.8 Å². The Bertz CT molecular complexity index is 658. The van der Waals surface area contributed by atoms with E-state index in [1.807, 2.05) is 12.1 Å². The third-order valence-electron chi connectivity index (χ3n) is 3.05. The number of aromatic nitrogens is 1. The molecule has 0 fully saturated rings. The lowest BCUT2D eigenvalue weighted by atomic mass is 10.2. The normalized spacial score (nSPS) is 11.5. The first-order valence-electron chi connectivity index (χ1n) is 6.65. The predicted molar refractivity (Wildman–Crippen MR) is 84.0 cm³/mol. The summed E-state index contributed by atoms with van der Waals surface area (Å²) >= 11 is 5.66. The Morgan fingerprint density at radius 1 is 1.05 bits per heavy atom. The number of nitrogens with zero attached hydrogens (tertiary/aromatic N) is 1. The molecule has 0 unspecified atom stereocenters. The molecule has 2 rings (SSSR count). The summed E-state index contributed by atoms with van der Waals surface area (Å²) in [6, 6.07) is 10.5. The van der Waals surface area contributed by atoms with E-state index in [9.17, 15) is 8.42 Å². The van der Waals surface area contributed by atoms with Crippen molar-refractivity contribution < 1.29 is 8.42 Å². The second-order valence-electron chi connectivity index (χ2n) is 4.59. The van der Waals surface area contributed by atoms with Crippen LogP contribution in [0.1, 0.15) is 11.1 Å². The van der Waals surface area contributed by atoms with Crippen LogP contribution in [0.3, 0.4) is 0 Å². The number of benzene rings is 1. The number of rotatable bonds is 7. The number of halogens is 1. The van der Waals surface area contributed by atoms with Gasteiger partial charge in [-0.25, -0.2) is 13.1 Å². The van der Waals surface area contributed by atoms with Crippen molar-refractivity contribution in [3.8, 4) is 0 Å². The number of hydrogen-bond donors (Lipinski definition) is 1. The molecule has 0 bridgehead atoms. The van der Waals surface area contributed by atoms with Gasteiger partial charge in [0.15, 0.2) is 0 Å². The third kappa shape index (κ3) is 4.81. The first kappa shape index (κ1) is 15.9. The van der Waals surface area contributed by atoms with E-state index in [-0.39, 0.29) is 4.90 Å². The molecule has 1 N–H and O–H groups in total. The molecule has 0 atom stereocenters. The first-order valence-corrected chi connectivity index (χ1v) is 8.67. The molecule has 1 aromatic heterocycles. The average Bonchev–Trinajstić information content (AvgIpc) is 2.49. The van der Waals surface area contributed by atoms with Crippen LogP contribution >= 0.6 is 11.6 Å². The number of hydrogen-bond acceptors (Lipinski definition) is 3. The highest BCUT2D eigenvalue weighted by Gasteiger charge is 2.12. The van der Waals surface area contributed by atoms with Gasteiger partial charge in [-0.05, 0) is 42.2 Å². The van der Waals surface area contributed by atoms with Crippen LogP contribution in [0, 0.1) is 0 Å². The highest BCUT2D eigenvalue weighted by atomic mass is 35.5. The van der Waals surface area contributed by atoms with Gasteiger partial charge < -0.3 is 0 Å². The van der Waals surface area contributed by atoms with Gasteiger partial charge in [0.1, 0.15) is 0 Å². The van der Waals surface area contributed by atoms with E-state index < -0.39 is 10.0 Å². The van der Waals surface area contributed by atoms with Gasteiger partial charge in [0.2, 0.25) is 10.0 Å². The van der Waals surface area contributed by atoms with Gasteiger partial charge in [-0.2, -0.15) is 0 Å².